The summed E-state index contributed by atoms with van der Waals surface area (Å²) in [5, 5.41) is 33.6. The first-order valence-electron chi connectivity index (χ1n) is 20.4. The van der Waals surface area contributed by atoms with Crippen molar-refractivity contribution in [1.82, 2.24) is 9.80 Å². The molecule has 0 unspecified atom stereocenters. The molecule has 16 heteroatoms. The number of hydrogen-bond donors (Lipinski definition) is 6. The molecule has 0 aliphatic heterocycles. The Labute approximate surface area is 377 Å². The van der Waals surface area contributed by atoms with Crippen molar-refractivity contribution in [2.45, 2.75) is 62.3 Å². The summed E-state index contributed by atoms with van der Waals surface area (Å²) in [7, 11) is 7.43. The number of aliphatic hydroxyl groups excluding tert-OH is 4. The van der Waals surface area contributed by atoms with Gasteiger partial charge in [-0.1, -0.05) is 97.1 Å². The largest absolute Gasteiger partial charge is 0.469 e. The zero-order chi connectivity index (χ0) is 48.2. The second-order valence-electron chi connectivity index (χ2n) is 13.1. The van der Waals surface area contributed by atoms with Crippen molar-refractivity contribution in [1.29, 1.82) is 4.78 Å². The van der Waals surface area contributed by atoms with Crippen molar-refractivity contribution in [2.24, 2.45) is 5.73 Å². The first-order valence-corrected chi connectivity index (χ1v) is 22.0. The topological polar surface area (TPSA) is 225 Å². The Morgan fingerprint density at radius 1 is 0.619 bits per heavy atom. The SMILES string of the molecule is CCOC(CCO)OCC.CN(C)CCCO.CN(C)CCO.COC(=O)CC(=O)OC.N=S(=O)(c1ccccc1)c1ccccc1.NCc1ccccc1.OCc1ccccc1. The Balaban J connectivity index is -0.000000682. The number of ether oxygens (including phenoxy) is 4. The third-order valence-electron chi connectivity index (χ3n) is 7.38. The van der Waals surface area contributed by atoms with Crippen LogP contribution in [0.25, 0.3) is 0 Å². The van der Waals surface area contributed by atoms with Crippen molar-refractivity contribution >= 4 is 21.7 Å². The van der Waals surface area contributed by atoms with Crippen LogP contribution in [0.2, 0.25) is 0 Å². The lowest BCUT2D eigenvalue weighted by Crippen LogP contribution is -2.18. The molecule has 7 N–H and O–H groups in total. The van der Waals surface area contributed by atoms with E-state index in [9.17, 15) is 13.8 Å². The highest BCUT2D eigenvalue weighted by Crippen LogP contribution is 2.20. The summed E-state index contributed by atoms with van der Waals surface area (Å²) in [6.45, 7) is 8.27. The molecule has 0 spiro atoms. The lowest BCUT2D eigenvalue weighted by molar-refractivity contribution is -0.151. The number of nitrogens with zero attached hydrogens (tertiary/aromatic N) is 2. The quantitative estimate of drug-likeness (QED) is 0.0441. The fraction of sp³-hybridized carbons (Fsp3) is 0.447. The Bertz CT molecular complexity index is 1580. The van der Waals surface area contributed by atoms with Gasteiger partial charge in [0.1, 0.15) is 16.1 Å². The second kappa shape index (κ2) is 44.0. The van der Waals surface area contributed by atoms with Crippen LogP contribution in [-0.4, -0.2) is 141 Å². The maximum Gasteiger partial charge on any atom is 0.316 e. The maximum atomic E-state index is 12.3. The normalized spacial score (nSPS) is 9.97. The van der Waals surface area contributed by atoms with E-state index in [1.807, 2.05) is 120 Å². The fourth-order valence-corrected chi connectivity index (χ4v) is 5.45. The molecule has 0 amide bonds. The third kappa shape index (κ3) is 38.8. The van der Waals surface area contributed by atoms with Crippen molar-refractivity contribution < 1.29 is 53.2 Å². The summed E-state index contributed by atoms with van der Waals surface area (Å²) in [6.07, 6.45) is 0.904. The van der Waals surface area contributed by atoms with Gasteiger partial charge in [0.05, 0.1) is 37.2 Å². The van der Waals surface area contributed by atoms with E-state index in [2.05, 4.69) is 14.4 Å². The Hall–Kier alpha value is -4.59. The first kappa shape index (κ1) is 62.7. The minimum absolute atomic E-state index is 0.116. The van der Waals surface area contributed by atoms with Crippen molar-refractivity contribution in [2.75, 3.05) is 88.5 Å². The van der Waals surface area contributed by atoms with Crippen LogP contribution < -0.4 is 5.73 Å². The van der Waals surface area contributed by atoms with Crippen LogP contribution >= 0.6 is 0 Å². The molecule has 356 valence electrons. The van der Waals surface area contributed by atoms with Gasteiger partial charge in [0.15, 0.2) is 6.29 Å². The number of nitrogens with one attached hydrogen (secondary N) is 1. The van der Waals surface area contributed by atoms with Crippen LogP contribution in [0.15, 0.2) is 131 Å². The average Bonchev–Trinajstić information content (AvgIpc) is 3.30. The molecule has 0 aliphatic rings. The summed E-state index contributed by atoms with van der Waals surface area (Å²) < 4.78 is 38.8. The number of carbonyl (C=O) groups is 2. The van der Waals surface area contributed by atoms with Gasteiger partial charge < -0.3 is 54.9 Å². The van der Waals surface area contributed by atoms with Gasteiger partial charge >= 0.3 is 11.9 Å². The molecule has 15 nitrogen and oxygen atoms in total. The summed E-state index contributed by atoms with van der Waals surface area (Å²) in [6, 6.07) is 37.3. The van der Waals surface area contributed by atoms with E-state index in [1.54, 1.807) is 48.5 Å². The van der Waals surface area contributed by atoms with Gasteiger partial charge in [-0.05, 0) is 90.4 Å². The lowest BCUT2D eigenvalue weighted by Gasteiger charge is -2.14. The number of methoxy groups -OCH3 is 2. The van der Waals surface area contributed by atoms with E-state index >= 15 is 0 Å². The number of benzene rings is 4. The van der Waals surface area contributed by atoms with Crippen LogP contribution in [0.1, 0.15) is 44.2 Å². The molecule has 4 aromatic rings. The minimum atomic E-state index is -2.84. The number of hydrogen-bond acceptors (Lipinski definition) is 15. The van der Waals surface area contributed by atoms with E-state index < -0.39 is 21.7 Å². The van der Waals surface area contributed by atoms with Crippen molar-refractivity contribution in [3.8, 4) is 0 Å². The third-order valence-corrected chi connectivity index (χ3v) is 9.25. The van der Waals surface area contributed by atoms with Gasteiger partial charge in [0.2, 0.25) is 0 Å². The van der Waals surface area contributed by atoms with Gasteiger partial charge in [-0.15, -0.1) is 0 Å². The molecule has 0 saturated carbocycles. The number of carbonyl (C=O) groups excluding carboxylic acids is 2. The predicted octanol–water partition coefficient (Wildman–Crippen LogP) is 5.44. The van der Waals surface area contributed by atoms with Gasteiger partial charge in [-0.25, -0.2) is 8.99 Å². The minimum Gasteiger partial charge on any atom is -0.469 e. The van der Waals surface area contributed by atoms with Crippen LogP contribution in [0.4, 0.5) is 0 Å². The lowest BCUT2D eigenvalue weighted by atomic mass is 10.2. The van der Waals surface area contributed by atoms with E-state index in [4.69, 9.17) is 40.4 Å². The summed E-state index contributed by atoms with van der Waals surface area (Å²) in [5.41, 5.74) is 7.50. The van der Waals surface area contributed by atoms with Crippen LogP contribution in [0, 0.1) is 4.78 Å². The maximum absolute atomic E-state index is 12.3. The number of nitrogens with two attached hydrogens (primary N) is 1. The highest BCUT2D eigenvalue weighted by Gasteiger charge is 2.11. The number of rotatable bonds is 17. The van der Waals surface area contributed by atoms with E-state index in [-0.39, 0.29) is 32.5 Å². The van der Waals surface area contributed by atoms with E-state index in [0.717, 1.165) is 25.1 Å². The Kier molecular flexibility index (Phi) is 43.8. The number of esters is 2. The molecule has 63 heavy (non-hydrogen) atoms. The number of likely N-dealkylation sites (N-methyl/N-ethyl adjacent to an activating group) is 1. The van der Waals surface area contributed by atoms with E-state index in [1.165, 1.54) is 19.8 Å². The number of aliphatic hydroxyl groups is 4. The zero-order valence-corrected chi connectivity index (χ0v) is 39.5. The molecule has 0 aliphatic carbocycles. The molecular weight excluding hydrogens is 829 g/mol. The molecule has 0 fully saturated rings. The van der Waals surface area contributed by atoms with Gasteiger partial charge in [-0.3, -0.25) is 9.59 Å². The molecule has 0 bridgehead atoms. The van der Waals surface area contributed by atoms with Gasteiger partial charge in [0.25, 0.3) is 0 Å². The van der Waals surface area contributed by atoms with Gasteiger partial charge in [-0.2, -0.15) is 0 Å². The second-order valence-corrected chi connectivity index (χ2v) is 15.2. The van der Waals surface area contributed by atoms with Gasteiger partial charge in [0, 0.05) is 45.9 Å². The Morgan fingerprint density at radius 3 is 1.22 bits per heavy atom. The predicted molar refractivity (Wildman–Crippen MR) is 250 cm³/mol. The molecule has 4 rings (SSSR count). The zero-order valence-electron chi connectivity index (χ0n) is 38.6. The molecule has 0 heterocycles. The average molecular weight is 905 g/mol. The Morgan fingerprint density at radius 2 is 1.00 bits per heavy atom. The standard InChI is InChI=1S/C12H11NOS.C7H9N.C7H16O3.C7H8O.C5H13NO.C5H8O4.C4H11NO/c13-15(14,11-7-3-1-4-8-11)12-9-5-2-6-10-12;8-6-7-4-2-1-3-5-7;1-3-9-7(5-6-8)10-4-2;8-6-7-4-2-1-3-5-7;1-6(2)4-3-5-7;1-8-4(6)3-5(7)9-2;1-5(2)3-4-6/h1-10,13H;1-5H,6,8H2;7-8H,3-6H2,1-2H3;1-5,8H,6H2;7H,3-5H2,1-2H3;3H2,1-2H3;6H,3-4H2,1-2H3. The summed E-state index contributed by atoms with van der Waals surface area (Å²) in [5.74, 6) is -1.16. The highest BCUT2D eigenvalue weighted by molar-refractivity contribution is 7.92. The summed E-state index contributed by atoms with van der Waals surface area (Å²) >= 11 is 0. The van der Waals surface area contributed by atoms with Crippen molar-refractivity contribution in [3.05, 3.63) is 132 Å². The smallest absolute Gasteiger partial charge is 0.316 e. The first-order chi connectivity index (χ1) is 30.2. The fourth-order valence-electron chi connectivity index (χ4n) is 4.10. The summed E-state index contributed by atoms with van der Waals surface area (Å²) in [4.78, 5) is 25.6. The van der Waals surface area contributed by atoms with Crippen molar-refractivity contribution in [3.63, 3.8) is 0 Å². The molecule has 4 aromatic carbocycles. The van der Waals surface area contributed by atoms with Crippen LogP contribution in [-0.2, 0) is 51.4 Å². The van der Waals surface area contributed by atoms with Crippen LogP contribution in [0.5, 0.6) is 0 Å². The molecule has 0 aromatic heterocycles. The van der Waals surface area contributed by atoms with Crippen LogP contribution in [0.3, 0.4) is 0 Å². The molecule has 0 saturated heterocycles. The van der Waals surface area contributed by atoms with E-state index in [0.29, 0.717) is 42.6 Å². The highest BCUT2D eigenvalue weighted by atomic mass is 32.2. The molecule has 0 radical (unpaired) electrons. The molecular formula is C47H76N4O11S. The molecule has 0 atom stereocenters. The monoisotopic (exact) mass is 905 g/mol.